The molecule has 1 aromatic carbocycles. The Morgan fingerprint density at radius 3 is 2.91 bits per heavy atom. The molecule has 22 heavy (non-hydrogen) atoms. The zero-order valence-electron chi connectivity index (χ0n) is 11.4. The van der Waals surface area contributed by atoms with E-state index < -0.39 is 11.9 Å². The number of hydrogen-bond donors (Lipinski definition) is 2. The van der Waals surface area contributed by atoms with Gasteiger partial charge in [-0.05, 0) is 18.2 Å². The normalized spacial score (nSPS) is 21.5. The second-order valence-electron chi connectivity index (χ2n) is 4.76. The van der Waals surface area contributed by atoms with Crippen LogP contribution in [0.25, 0.3) is 0 Å². The zero-order chi connectivity index (χ0) is 15.7. The van der Waals surface area contributed by atoms with E-state index in [9.17, 15) is 14.0 Å². The molecule has 3 rings (SSSR count). The van der Waals surface area contributed by atoms with Crippen molar-refractivity contribution in [1.82, 2.24) is 5.43 Å². The number of hydrogen-bond acceptors (Lipinski definition) is 6. The molecule has 1 fully saturated rings. The molecule has 2 amide bonds. The van der Waals surface area contributed by atoms with Crippen molar-refractivity contribution in [3.63, 3.8) is 0 Å². The van der Waals surface area contributed by atoms with Crippen LogP contribution < -0.4 is 16.1 Å². The van der Waals surface area contributed by atoms with Gasteiger partial charge in [0.05, 0.1) is 18.0 Å². The number of nitrogens with one attached hydrogen (secondary N) is 1. The highest BCUT2D eigenvalue weighted by Crippen LogP contribution is 2.26. The van der Waals surface area contributed by atoms with Crippen molar-refractivity contribution in [3.05, 3.63) is 29.6 Å². The van der Waals surface area contributed by atoms with Crippen molar-refractivity contribution in [2.45, 2.75) is 6.10 Å². The van der Waals surface area contributed by atoms with E-state index in [4.69, 9.17) is 10.5 Å². The van der Waals surface area contributed by atoms with Gasteiger partial charge >= 0.3 is 6.09 Å². The van der Waals surface area contributed by atoms with Crippen molar-refractivity contribution in [3.8, 4) is 0 Å². The first-order chi connectivity index (χ1) is 10.6. The molecule has 1 saturated heterocycles. The first kappa shape index (κ1) is 14.8. The minimum atomic E-state index is -0.542. The van der Waals surface area contributed by atoms with Gasteiger partial charge < -0.3 is 10.5 Å². The number of carbonyl (C=O) groups is 2. The Labute approximate surface area is 129 Å². The number of nitrogens with zero attached hydrogens (tertiary/aromatic N) is 2. The third-order valence-electron chi connectivity index (χ3n) is 3.25. The molecule has 2 aliphatic heterocycles. The monoisotopic (exact) mass is 324 g/mol. The molecule has 3 N–H and O–H groups in total. The number of hydrazone groups is 1. The summed E-state index contributed by atoms with van der Waals surface area (Å²) >= 11 is 1.16. The van der Waals surface area contributed by atoms with Gasteiger partial charge in [-0.2, -0.15) is 5.10 Å². The minimum absolute atomic E-state index is 0.191. The molecular weight excluding hydrogens is 311 g/mol. The molecule has 0 aliphatic carbocycles. The van der Waals surface area contributed by atoms with Crippen LogP contribution in [0.2, 0.25) is 0 Å². The standard InChI is InChI=1S/C13H13FN4O3S/c14-10-3-7(18-5-8(4-15)21-13(18)20)1-2-9(10)12-17-16-11(19)6-22-12/h1-3,8H,4-6,15H2,(H,16,19). The second-order valence-corrected chi connectivity index (χ2v) is 5.72. The number of rotatable bonds is 3. The molecule has 0 spiro atoms. The summed E-state index contributed by atoms with van der Waals surface area (Å²) in [6, 6.07) is 4.38. The summed E-state index contributed by atoms with van der Waals surface area (Å²) in [6.45, 7) is 0.510. The molecule has 0 aromatic heterocycles. The van der Waals surface area contributed by atoms with E-state index in [0.717, 1.165) is 11.8 Å². The van der Waals surface area contributed by atoms with Gasteiger partial charge in [0.15, 0.2) is 0 Å². The van der Waals surface area contributed by atoms with E-state index in [-0.39, 0.29) is 29.9 Å². The summed E-state index contributed by atoms with van der Waals surface area (Å²) in [5, 5.41) is 4.22. The molecule has 0 saturated carbocycles. The fourth-order valence-corrected chi connectivity index (χ4v) is 2.91. The number of amides is 2. The molecular formula is C13H13FN4O3S. The van der Waals surface area contributed by atoms with Crippen molar-refractivity contribution < 1.29 is 18.7 Å². The van der Waals surface area contributed by atoms with E-state index in [2.05, 4.69) is 10.5 Å². The number of benzene rings is 1. The van der Waals surface area contributed by atoms with E-state index in [1.165, 1.54) is 17.0 Å². The maximum atomic E-state index is 14.3. The number of ether oxygens (including phenoxy) is 1. The van der Waals surface area contributed by atoms with Crippen LogP contribution >= 0.6 is 11.8 Å². The lowest BCUT2D eigenvalue weighted by Crippen LogP contribution is -2.28. The highest BCUT2D eigenvalue weighted by Gasteiger charge is 2.32. The van der Waals surface area contributed by atoms with Gasteiger partial charge in [0.25, 0.3) is 5.91 Å². The Kier molecular flexibility index (Phi) is 3.99. The molecule has 1 atom stereocenters. The smallest absolute Gasteiger partial charge is 0.414 e. The third-order valence-corrected chi connectivity index (χ3v) is 4.25. The molecule has 7 nitrogen and oxygen atoms in total. The predicted molar refractivity (Wildman–Crippen MR) is 80.2 cm³/mol. The Morgan fingerprint density at radius 1 is 1.50 bits per heavy atom. The van der Waals surface area contributed by atoms with Crippen LogP contribution in [-0.2, 0) is 9.53 Å². The van der Waals surface area contributed by atoms with Crippen molar-refractivity contribution in [1.29, 1.82) is 0 Å². The summed E-state index contributed by atoms with van der Waals surface area (Å²) in [7, 11) is 0. The molecule has 2 heterocycles. The number of thioether (sulfide) groups is 1. The van der Waals surface area contributed by atoms with Gasteiger partial charge in [-0.3, -0.25) is 9.69 Å². The fourth-order valence-electron chi connectivity index (χ4n) is 2.15. The quantitative estimate of drug-likeness (QED) is 0.850. The molecule has 116 valence electrons. The van der Waals surface area contributed by atoms with E-state index in [1.807, 2.05) is 0 Å². The summed E-state index contributed by atoms with van der Waals surface area (Å²) in [5.74, 6) is -0.557. The van der Waals surface area contributed by atoms with Crippen LogP contribution in [0.4, 0.5) is 14.9 Å². The molecule has 0 bridgehead atoms. The Morgan fingerprint density at radius 2 is 2.32 bits per heavy atom. The maximum absolute atomic E-state index is 14.3. The predicted octanol–water partition coefficient (Wildman–Crippen LogP) is 0.634. The van der Waals surface area contributed by atoms with Crippen LogP contribution in [0.5, 0.6) is 0 Å². The van der Waals surface area contributed by atoms with Gasteiger partial charge in [0.1, 0.15) is 17.0 Å². The lowest BCUT2D eigenvalue weighted by Gasteiger charge is -2.16. The molecule has 1 aromatic rings. The summed E-state index contributed by atoms with van der Waals surface area (Å²) in [6.07, 6.45) is -0.928. The lowest BCUT2D eigenvalue weighted by atomic mass is 10.2. The van der Waals surface area contributed by atoms with E-state index >= 15 is 0 Å². The topological polar surface area (TPSA) is 97.0 Å². The number of carbonyl (C=O) groups excluding carboxylic acids is 2. The average molecular weight is 324 g/mol. The van der Waals surface area contributed by atoms with Gasteiger partial charge in [-0.15, -0.1) is 0 Å². The zero-order valence-corrected chi connectivity index (χ0v) is 12.2. The molecule has 1 unspecified atom stereocenters. The molecule has 9 heteroatoms. The number of anilines is 1. The number of halogens is 1. The van der Waals surface area contributed by atoms with Gasteiger partial charge in [0.2, 0.25) is 0 Å². The number of cyclic esters (lactones) is 1. The lowest BCUT2D eigenvalue weighted by molar-refractivity contribution is -0.118. The van der Waals surface area contributed by atoms with E-state index in [1.54, 1.807) is 6.07 Å². The average Bonchev–Trinajstić information content (AvgIpc) is 2.89. The third kappa shape index (κ3) is 2.77. The Bertz CT molecular complexity index is 667. The van der Waals surface area contributed by atoms with Crippen molar-refractivity contribution >= 4 is 34.5 Å². The molecule has 2 aliphatic rings. The highest BCUT2D eigenvalue weighted by atomic mass is 32.2. The first-order valence-electron chi connectivity index (χ1n) is 6.56. The van der Waals surface area contributed by atoms with Crippen LogP contribution in [0.15, 0.2) is 23.3 Å². The van der Waals surface area contributed by atoms with Crippen LogP contribution in [0.3, 0.4) is 0 Å². The van der Waals surface area contributed by atoms with Crippen molar-refractivity contribution in [2.24, 2.45) is 10.8 Å². The SMILES string of the molecule is NCC1CN(c2ccc(C3=NNC(=O)CS3)c(F)c2)C(=O)O1. The maximum Gasteiger partial charge on any atom is 0.414 e. The first-order valence-corrected chi connectivity index (χ1v) is 7.54. The van der Waals surface area contributed by atoms with Crippen LogP contribution in [0, 0.1) is 5.82 Å². The second kappa shape index (κ2) is 5.93. The van der Waals surface area contributed by atoms with Gasteiger partial charge in [-0.1, -0.05) is 11.8 Å². The fraction of sp³-hybridized carbons (Fsp3) is 0.308. The van der Waals surface area contributed by atoms with Crippen LogP contribution in [0.1, 0.15) is 5.56 Å². The minimum Gasteiger partial charge on any atom is -0.443 e. The molecule has 0 radical (unpaired) electrons. The van der Waals surface area contributed by atoms with Crippen LogP contribution in [-0.4, -0.2) is 42.0 Å². The van der Waals surface area contributed by atoms with Crippen molar-refractivity contribution in [2.75, 3.05) is 23.7 Å². The van der Waals surface area contributed by atoms with E-state index in [0.29, 0.717) is 17.3 Å². The summed E-state index contributed by atoms with van der Waals surface area (Å²) in [5.41, 5.74) is 8.45. The number of nitrogens with two attached hydrogens (primary N) is 1. The summed E-state index contributed by atoms with van der Waals surface area (Å²) in [4.78, 5) is 24.1. The largest absolute Gasteiger partial charge is 0.443 e. The Balaban J connectivity index is 1.84. The van der Waals surface area contributed by atoms with Gasteiger partial charge in [0, 0.05) is 12.1 Å². The highest BCUT2D eigenvalue weighted by molar-refractivity contribution is 8.15. The van der Waals surface area contributed by atoms with Gasteiger partial charge in [-0.25, -0.2) is 14.6 Å². The summed E-state index contributed by atoms with van der Waals surface area (Å²) < 4.78 is 19.3. The Hall–Kier alpha value is -2.13.